The quantitative estimate of drug-likeness (QED) is 0.743. The predicted molar refractivity (Wildman–Crippen MR) is 112 cm³/mol. The number of allylic oxidation sites excluding steroid dienone is 1. The molecule has 5 heteroatoms. The molecule has 0 aromatic heterocycles. The molecule has 1 saturated heterocycles. The second-order valence-corrected chi connectivity index (χ2v) is 7.08. The van der Waals surface area contributed by atoms with Crippen molar-refractivity contribution in [1.82, 2.24) is 9.80 Å². The number of carbonyl (C=O) groups excluding carboxylic acids is 1. The molecule has 1 aliphatic rings. The van der Waals surface area contributed by atoms with Crippen molar-refractivity contribution in [2.45, 2.75) is 13.0 Å². The van der Waals surface area contributed by atoms with E-state index in [0.29, 0.717) is 13.1 Å². The maximum Gasteiger partial charge on any atom is 0.246 e. The van der Waals surface area contributed by atoms with E-state index in [4.69, 9.17) is 9.47 Å². The standard InChI is InChI=1S/C23H28N2O3/c1-17(18-9-11-19(27-3)12-10-18)15-23(26)25-14-13-24(2)21(16-25)20-7-5-6-8-22(20)28-4/h5-12,15,21H,13-14,16H2,1-4H3/b17-15+. The molecule has 0 radical (unpaired) electrons. The summed E-state index contributed by atoms with van der Waals surface area (Å²) in [6, 6.07) is 15.9. The van der Waals surface area contributed by atoms with Gasteiger partial charge < -0.3 is 14.4 Å². The highest BCUT2D eigenvalue weighted by molar-refractivity contribution is 5.95. The number of hydrogen-bond donors (Lipinski definition) is 0. The van der Waals surface area contributed by atoms with Crippen molar-refractivity contribution >= 4 is 11.5 Å². The Morgan fingerprint density at radius 1 is 1.04 bits per heavy atom. The number of amides is 1. The second-order valence-electron chi connectivity index (χ2n) is 7.08. The van der Waals surface area contributed by atoms with Crippen molar-refractivity contribution < 1.29 is 14.3 Å². The molecule has 1 unspecified atom stereocenters. The number of hydrogen-bond acceptors (Lipinski definition) is 4. The van der Waals surface area contributed by atoms with E-state index >= 15 is 0 Å². The molecular formula is C23H28N2O3. The third-order valence-corrected chi connectivity index (χ3v) is 5.34. The number of rotatable bonds is 5. The Hall–Kier alpha value is -2.79. The van der Waals surface area contributed by atoms with Gasteiger partial charge in [-0.2, -0.15) is 0 Å². The van der Waals surface area contributed by atoms with Gasteiger partial charge in [-0.15, -0.1) is 0 Å². The lowest BCUT2D eigenvalue weighted by atomic mass is 10.0. The average molecular weight is 380 g/mol. The van der Waals surface area contributed by atoms with Crippen LogP contribution in [0.3, 0.4) is 0 Å². The summed E-state index contributed by atoms with van der Waals surface area (Å²) in [6.07, 6.45) is 1.73. The summed E-state index contributed by atoms with van der Waals surface area (Å²) in [5, 5.41) is 0. The van der Waals surface area contributed by atoms with Crippen LogP contribution in [0.1, 0.15) is 24.1 Å². The maximum absolute atomic E-state index is 12.9. The molecule has 0 aliphatic carbocycles. The van der Waals surface area contributed by atoms with Crippen LogP contribution in [0.5, 0.6) is 11.5 Å². The van der Waals surface area contributed by atoms with Crippen LogP contribution in [0.2, 0.25) is 0 Å². The van der Waals surface area contributed by atoms with E-state index in [1.54, 1.807) is 20.3 Å². The first-order chi connectivity index (χ1) is 13.5. The highest BCUT2D eigenvalue weighted by Crippen LogP contribution is 2.31. The number of methoxy groups -OCH3 is 2. The molecule has 1 atom stereocenters. The van der Waals surface area contributed by atoms with Gasteiger partial charge >= 0.3 is 0 Å². The molecule has 0 spiro atoms. The first-order valence-corrected chi connectivity index (χ1v) is 9.48. The van der Waals surface area contributed by atoms with Crippen molar-refractivity contribution in [3.05, 3.63) is 65.7 Å². The number of benzene rings is 2. The molecule has 148 valence electrons. The molecule has 2 aromatic rings. The Morgan fingerprint density at radius 2 is 1.75 bits per heavy atom. The lowest BCUT2D eigenvalue weighted by molar-refractivity contribution is -0.128. The zero-order valence-electron chi connectivity index (χ0n) is 17.0. The Kier molecular flexibility index (Phi) is 6.37. The van der Waals surface area contributed by atoms with Crippen LogP contribution in [0.25, 0.3) is 5.57 Å². The molecule has 3 rings (SSSR count). The Labute approximate surface area is 167 Å². The van der Waals surface area contributed by atoms with Crippen molar-refractivity contribution in [1.29, 1.82) is 0 Å². The van der Waals surface area contributed by atoms with E-state index < -0.39 is 0 Å². The average Bonchev–Trinajstić information content (AvgIpc) is 2.74. The minimum absolute atomic E-state index is 0.0429. The minimum Gasteiger partial charge on any atom is -0.497 e. The van der Waals surface area contributed by atoms with Gasteiger partial charge in [0.15, 0.2) is 0 Å². The lowest BCUT2D eigenvalue weighted by Gasteiger charge is -2.39. The fourth-order valence-electron chi connectivity index (χ4n) is 3.57. The van der Waals surface area contributed by atoms with Gasteiger partial charge in [0.2, 0.25) is 5.91 Å². The fourth-order valence-corrected chi connectivity index (χ4v) is 3.57. The SMILES string of the molecule is COc1ccc(/C(C)=C/C(=O)N2CCN(C)C(c3ccccc3OC)C2)cc1. The zero-order valence-corrected chi connectivity index (χ0v) is 17.0. The molecule has 0 bridgehead atoms. The molecule has 0 N–H and O–H groups in total. The van der Waals surface area contributed by atoms with Crippen molar-refractivity contribution in [2.75, 3.05) is 40.9 Å². The number of likely N-dealkylation sites (N-methyl/N-ethyl adjacent to an activating group) is 1. The van der Waals surface area contributed by atoms with E-state index in [-0.39, 0.29) is 11.9 Å². The van der Waals surface area contributed by atoms with Gasteiger partial charge in [-0.1, -0.05) is 30.3 Å². The topological polar surface area (TPSA) is 42.0 Å². The first kappa shape index (κ1) is 20.0. The van der Waals surface area contributed by atoms with Gasteiger partial charge in [-0.05, 0) is 43.3 Å². The molecule has 2 aromatic carbocycles. The number of carbonyl (C=O) groups is 1. The van der Waals surface area contributed by atoms with Crippen LogP contribution in [0, 0.1) is 0 Å². The fraction of sp³-hybridized carbons (Fsp3) is 0.348. The molecule has 1 heterocycles. The van der Waals surface area contributed by atoms with Crippen LogP contribution in [0.4, 0.5) is 0 Å². The van der Waals surface area contributed by atoms with Gasteiger partial charge in [0.1, 0.15) is 11.5 Å². The highest BCUT2D eigenvalue weighted by Gasteiger charge is 2.29. The van der Waals surface area contributed by atoms with Crippen LogP contribution in [-0.2, 0) is 4.79 Å². The smallest absolute Gasteiger partial charge is 0.246 e. The normalized spacial score (nSPS) is 18.1. The lowest BCUT2D eigenvalue weighted by Crippen LogP contribution is -2.48. The Bertz CT molecular complexity index is 845. The maximum atomic E-state index is 12.9. The van der Waals surface area contributed by atoms with Crippen LogP contribution >= 0.6 is 0 Å². The number of ether oxygens (including phenoxy) is 2. The Morgan fingerprint density at radius 3 is 2.43 bits per heavy atom. The second kappa shape index (κ2) is 8.93. The summed E-state index contributed by atoms with van der Waals surface area (Å²) in [4.78, 5) is 17.1. The van der Waals surface area contributed by atoms with E-state index in [0.717, 1.165) is 34.7 Å². The molecule has 28 heavy (non-hydrogen) atoms. The highest BCUT2D eigenvalue weighted by atomic mass is 16.5. The molecule has 5 nitrogen and oxygen atoms in total. The van der Waals surface area contributed by atoms with Crippen molar-refractivity contribution in [3.8, 4) is 11.5 Å². The molecular weight excluding hydrogens is 352 g/mol. The molecule has 1 aliphatic heterocycles. The summed E-state index contributed by atoms with van der Waals surface area (Å²) in [5.74, 6) is 1.71. The summed E-state index contributed by atoms with van der Waals surface area (Å²) >= 11 is 0. The van der Waals surface area contributed by atoms with Gasteiger partial charge in [0.05, 0.1) is 20.3 Å². The van der Waals surface area contributed by atoms with Crippen LogP contribution in [0.15, 0.2) is 54.6 Å². The number of piperazine rings is 1. The molecule has 0 saturated carbocycles. The van der Waals surface area contributed by atoms with Crippen LogP contribution in [-0.4, -0.2) is 56.6 Å². The summed E-state index contributed by atoms with van der Waals surface area (Å²) in [7, 11) is 5.43. The summed E-state index contributed by atoms with van der Waals surface area (Å²) in [6.45, 7) is 4.15. The van der Waals surface area contributed by atoms with Crippen molar-refractivity contribution in [2.24, 2.45) is 0 Å². The predicted octanol–water partition coefficient (Wildman–Crippen LogP) is 3.62. The monoisotopic (exact) mass is 380 g/mol. The summed E-state index contributed by atoms with van der Waals surface area (Å²) in [5.41, 5.74) is 3.07. The third kappa shape index (κ3) is 4.37. The van der Waals surface area contributed by atoms with Gasteiger partial charge in [-0.3, -0.25) is 9.69 Å². The van der Waals surface area contributed by atoms with Gasteiger partial charge in [0, 0.05) is 31.3 Å². The van der Waals surface area contributed by atoms with E-state index in [2.05, 4.69) is 18.0 Å². The van der Waals surface area contributed by atoms with Gasteiger partial charge in [-0.25, -0.2) is 0 Å². The Balaban J connectivity index is 1.76. The van der Waals surface area contributed by atoms with E-state index in [1.807, 2.05) is 54.3 Å². The van der Waals surface area contributed by atoms with E-state index in [9.17, 15) is 4.79 Å². The van der Waals surface area contributed by atoms with Gasteiger partial charge in [0.25, 0.3) is 0 Å². The zero-order chi connectivity index (χ0) is 20.1. The number of para-hydroxylation sites is 1. The molecule has 1 amide bonds. The number of nitrogens with zero attached hydrogens (tertiary/aromatic N) is 2. The third-order valence-electron chi connectivity index (χ3n) is 5.34. The first-order valence-electron chi connectivity index (χ1n) is 9.48. The largest absolute Gasteiger partial charge is 0.497 e. The minimum atomic E-state index is 0.0429. The van der Waals surface area contributed by atoms with Crippen LogP contribution < -0.4 is 9.47 Å². The van der Waals surface area contributed by atoms with Crippen molar-refractivity contribution in [3.63, 3.8) is 0 Å². The van der Waals surface area contributed by atoms with E-state index in [1.165, 1.54) is 0 Å². The summed E-state index contributed by atoms with van der Waals surface area (Å²) < 4.78 is 10.7. The molecule has 1 fully saturated rings.